The van der Waals surface area contributed by atoms with Crippen LogP contribution in [0.25, 0.3) is 11.1 Å². The summed E-state index contributed by atoms with van der Waals surface area (Å²) in [6.45, 7) is 3.49. The SMILES string of the molecule is CCOc1ccc(NCc2ccc(-c3ccccc3)cc2)cc1. The molecule has 0 aliphatic carbocycles. The molecule has 0 bridgehead atoms. The van der Waals surface area contributed by atoms with Crippen molar-refractivity contribution in [1.29, 1.82) is 0 Å². The topological polar surface area (TPSA) is 21.3 Å². The quantitative estimate of drug-likeness (QED) is 0.661. The van der Waals surface area contributed by atoms with Crippen LogP contribution in [0.4, 0.5) is 5.69 Å². The zero-order valence-corrected chi connectivity index (χ0v) is 13.3. The van der Waals surface area contributed by atoms with Gasteiger partial charge in [0.1, 0.15) is 5.75 Å². The fraction of sp³-hybridized carbons (Fsp3) is 0.143. The number of ether oxygens (including phenoxy) is 1. The van der Waals surface area contributed by atoms with E-state index in [9.17, 15) is 0 Å². The largest absolute Gasteiger partial charge is 0.494 e. The van der Waals surface area contributed by atoms with Crippen LogP contribution < -0.4 is 10.1 Å². The van der Waals surface area contributed by atoms with Gasteiger partial charge in [0.05, 0.1) is 6.61 Å². The molecule has 0 radical (unpaired) electrons. The minimum Gasteiger partial charge on any atom is -0.494 e. The van der Waals surface area contributed by atoms with Crippen LogP contribution in [0, 0.1) is 0 Å². The second-order valence-corrected chi connectivity index (χ2v) is 5.37. The summed E-state index contributed by atoms with van der Waals surface area (Å²) in [5.41, 5.74) is 4.85. The van der Waals surface area contributed by atoms with Crippen LogP contribution in [0.3, 0.4) is 0 Å². The van der Waals surface area contributed by atoms with Crippen molar-refractivity contribution < 1.29 is 4.74 Å². The van der Waals surface area contributed by atoms with Crippen LogP contribution in [0.5, 0.6) is 5.75 Å². The molecule has 2 heteroatoms. The summed E-state index contributed by atoms with van der Waals surface area (Å²) >= 11 is 0. The summed E-state index contributed by atoms with van der Waals surface area (Å²) in [5.74, 6) is 0.908. The van der Waals surface area contributed by atoms with Gasteiger partial charge in [-0.1, -0.05) is 54.6 Å². The minimum absolute atomic E-state index is 0.695. The van der Waals surface area contributed by atoms with Crippen LogP contribution in [0.2, 0.25) is 0 Å². The van der Waals surface area contributed by atoms with Gasteiger partial charge in [-0.2, -0.15) is 0 Å². The summed E-state index contributed by atoms with van der Waals surface area (Å²) < 4.78 is 5.45. The molecule has 23 heavy (non-hydrogen) atoms. The molecular formula is C21H21NO. The first-order chi connectivity index (χ1) is 11.3. The number of hydrogen-bond acceptors (Lipinski definition) is 2. The lowest BCUT2D eigenvalue weighted by atomic mass is 10.0. The van der Waals surface area contributed by atoms with E-state index in [0.29, 0.717) is 6.61 Å². The van der Waals surface area contributed by atoms with Gasteiger partial charge >= 0.3 is 0 Å². The predicted molar refractivity (Wildman–Crippen MR) is 96.8 cm³/mol. The Morgan fingerprint density at radius 3 is 2.04 bits per heavy atom. The van der Waals surface area contributed by atoms with Gasteiger partial charge < -0.3 is 10.1 Å². The number of benzene rings is 3. The number of anilines is 1. The minimum atomic E-state index is 0.695. The summed E-state index contributed by atoms with van der Waals surface area (Å²) in [4.78, 5) is 0. The highest BCUT2D eigenvalue weighted by molar-refractivity contribution is 5.63. The van der Waals surface area contributed by atoms with Crippen molar-refractivity contribution in [3.8, 4) is 16.9 Å². The standard InChI is InChI=1S/C21H21NO/c1-2-23-21-14-12-20(13-15-21)22-16-17-8-10-19(11-9-17)18-6-4-3-5-7-18/h3-15,22H,2,16H2,1H3. The molecule has 3 aromatic carbocycles. The van der Waals surface area contributed by atoms with Crippen LogP contribution in [0.15, 0.2) is 78.9 Å². The molecule has 3 rings (SSSR count). The van der Waals surface area contributed by atoms with E-state index in [1.165, 1.54) is 16.7 Å². The molecule has 0 saturated heterocycles. The Morgan fingerprint density at radius 1 is 0.739 bits per heavy atom. The van der Waals surface area contributed by atoms with Gasteiger partial charge in [-0.05, 0) is 47.9 Å². The molecule has 0 spiro atoms. The maximum absolute atomic E-state index is 5.45. The molecule has 0 aromatic heterocycles. The monoisotopic (exact) mass is 303 g/mol. The fourth-order valence-electron chi connectivity index (χ4n) is 2.49. The van der Waals surface area contributed by atoms with E-state index in [2.05, 4.69) is 53.8 Å². The van der Waals surface area contributed by atoms with Crippen molar-refractivity contribution in [3.63, 3.8) is 0 Å². The second-order valence-electron chi connectivity index (χ2n) is 5.37. The van der Waals surface area contributed by atoms with Gasteiger partial charge in [0, 0.05) is 12.2 Å². The zero-order valence-electron chi connectivity index (χ0n) is 13.3. The second kappa shape index (κ2) is 7.50. The van der Waals surface area contributed by atoms with E-state index < -0.39 is 0 Å². The molecular weight excluding hydrogens is 282 g/mol. The van der Waals surface area contributed by atoms with Crippen LogP contribution in [0.1, 0.15) is 12.5 Å². The van der Waals surface area contributed by atoms with E-state index in [-0.39, 0.29) is 0 Å². The number of rotatable bonds is 6. The van der Waals surface area contributed by atoms with Crippen LogP contribution in [-0.4, -0.2) is 6.61 Å². The maximum Gasteiger partial charge on any atom is 0.119 e. The lowest BCUT2D eigenvalue weighted by Crippen LogP contribution is -1.99. The Labute approximate surface area is 137 Å². The zero-order chi connectivity index (χ0) is 15.9. The van der Waals surface area contributed by atoms with E-state index in [4.69, 9.17) is 4.74 Å². The van der Waals surface area contributed by atoms with E-state index >= 15 is 0 Å². The molecule has 2 nitrogen and oxygen atoms in total. The van der Waals surface area contributed by atoms with Crippen LogP contribution in [-0.2, 0) is 6.54 Å². The maximum atomic E-state index is 5.45. The van der Waals surface area contributed by atoms with Crippen molar-refractivity contribution >= 4 is 5.69 Å². The van der Waals surface area contributed by atoms with Crippen molar-refractivity contribution in [2.45, 2.75) is 13.5 Å². The average molecular weight is 303 g/mol. The van der Waals surface area contributed by atoms with E-state index in [1.54, 1.807) is 0 Å². The van der Waals surface area contributed by atoms with Gasteiger partial charge in [0.15, 0.2) is 0 Å². The lowest BCUT2D eigenvalue weighted by Gasteiger charge is -2.09. The Bertz CT molecular complexity index is 718. The molecule has 116 valence electrons. The average Bonchev–Trinajstić information content (AvgIpc) is 2.63. The van der Waals surface area contributed by atoms with Gasteiger partial charge in [-0.15, -0.1) is 0 Å². The predicted octanol–water partition coefficient (Wildman–Crippen LogP) is 5.36. The molecule has 3 aromatic rings. The smallest absolute Gasteiger partial charge is 0.119 e. The Hall–Kier alpha value is -2.74. The molecule has 0 heterocycles. The first kappa shape index (κ1) is 15.2. The summed E-state index contributed by atoms with van der Waals surface area (Å²) in [6.07, 6.45) is 0. The molecule has 0 saturated carbocycles. The third-order valence-corrected chi connectivity index (χ3v) is 3.72. The summed E-state index contributed by atoms with van der Waals surface area (Å²) in [5, 5.41) is 3.43. The first-order valence-corrected chi connectivity index (χ1v) is 7.96. The highest BCUT2D eigenvalue weighted by Crippen LogP contribution is 2.20. The lowest BCUT2D eigenvalue weighted by molar-refractivity contribution is 0.340. The number of nitrogens with one attached hydrogen (secondary N) is 1. The third kappa shape index (κ3) is 4.13. The van der Waals surface area contributed by atoms with Crippen molar-refractivity contribution in [2.24, 2.45) is 0 Å². The molecule has 0 amide bonds. The molecule has 0 unspecified atom stereocenters. The van der Waals surface area contributed by atoms with E-state index in [1.807, 2.05) is 37.3 Å². The molecule has 0 fully saturated rings. The Morgan fingerprint density at radius 2 is 1.39 bits per heavy atom. The highest BCUT2D eigenvalue weighted by atomic mass is 16.5. The summed E-state index contributed by atoms with van der Waals surface area (Å²) in [6, 6.07) is 27.2. The van der Waals surface area contributed by atoms with Crippen LogP contribution >= 0.6 is 0 Å². The van der Waals surface area contributed by atoms with Crippen molar-refractivity contribution in [1.82, 2.24) is 0 Å². The van der Waals surface area contributed by atoms with Gasteiger partial charge in [-0.3, -0.25) is 0 Å². The van der Waals surface area contributed by atoms with Crippen molar-refractivity contribution in [3.05, 3.63) is 84.4 Å². The highest BCUT2D eigenvalue weighted by Gasteiger charge is 1.99. The first-order valence-electron chi connectivity index (χ1n) is 7.96. The molecule has 0 aliphatic rings. The third-order valence-electron chi connectivity index (χ3n) is 3.72. The van der Waals surface area contributed by atoms with Crippen molar-refractivity contribution in [2.75, 3.05) is 11.9 Å². The van der Waals surface area contributed by atoms with E-state index in [0.717, 1.165) is 18.0 Å². The Balaban J connectivity index is 1.60. The fourth-order valence-corrected chi connectivity index (χ4v) is 2.49. The summed E-state index contributed by atoms with van der Waals surface area (Å²) in [7, 11) is 0. The molecule has 0 aliphatic heterocycles. The number of hydrogen-bond donors (Lipinski definition) is 1. The van der Waals surface area contributed by atoms with Gasteiger partial charge in [0.25, 0.3) is 0 Å². The normalized spacial score (nSPS) is 10.3. The van der Waals surface area contributed by atoms with Gasteiger partial charge in [-0.25, -0.2) is 0 Å². The molecule has 1 N–H and O–H groups in total. The van der Waals surface area contributed by atoms with Gasteiger partial charge in [0.2, 0.25) is 0 Å². The molecule has 0 atom stereocenters. The Kier molecular flexibility index (Phi) is 4.95.